The molecule has 0 aliphatic rings. The summed E-state index contributed by atoms with van der Waals surface area (Å²) >= 11 is 14.7. The van der Waals surface area contributed by atoms with Crippen LogP contribution in [0.4, 0.5) is 4.39 Å². The molecule has 0 bridgehead atoms. The highest BCUT2D eigenvalue weighted by Gasteiger charge is 2.10. The van der Waals surface area contributed by atoms with E-state index < -0.39 is 5.82 Å². The van der Waals surface area contributed by atoms with Gasteiger partial charge in [0.15, 0.2) is 0 Å². The average molecular weight is 338 g/mol. The Balaban J connectivity index is 2.34. The molecule has 0 spiro atoms. The summed E-state index contributed by atoms with van der Waals surface area (Å²) in [7, 11) is 0. The molecule has 88 valence electrons. The lowest BCUT2D eigenvalue weighted by atomic mass is 10.3. The predicted molar refractivity (Wildman–Crippen MR) is 66.2 cm³/mol. The molecule has 0 N–H and O–H groups in total. The molecule has 0 aliphatic carbocycles. The number of benzene rings is 1. The summed E-state index contributed by atoms with van der Waals surface area (Å²) in [5, 5.41) is 0.225. The van der Waals surface area contributed by atoms with Crippen LogP contribution in [0.2, 0.25) is 10.3 Å². The van der Waals surface area contributed by atoms with Gasteiger partial charge in [0.25, 0.3) is 5.88 Å². The zero-order valence-electron chi connectivity index (χ0n) is 8.12. The maximum absolute atomic E-state index is 13.3. The Labute approximate surface area is 115 Å². The summed E-state index contributed by atoms with van der Waals surface area (Å²) in [5.74, 6) is -0.703. The fourth-order valence-corrected chi connectivity index (χ4v) is 1.90. The molecule has 0 fully saturated rings. The van der Waals surface area contributed by atoms with Crippen molar-refractivity contribution in [3.8, 4) is 11.6 Å². The third kappa shape index (κ3) is 3.06. The quantitative estimate of drug-likeness (QED) is 0.758. The number of rotatable bonds is 2. The van der Waals surface area contributed by atoms with Gasteiger partial charge in [0.1, 0.15) is 5.75 Å². The van der Waals surface area contributed by atoms with Gasteiger partial charge in [-0.1, -0.05) is 27.5 Å². The van der Waals surface area contributed by atoms with E-state index in [1.54, 1.807) is 18.2 Å². The first kappa shape index (κ1) is 12.5. The van der Waals surface area contributed by atoms with E-state index in [2.05, 4.69) is 25.9 Å². The van der Waals surface area contributed by atoms with Crippen LogP contribution < -0.4 is 4.74 Å². The van der Waals surface area contributed by atoms with Gasteiger partial charge in [-0.25, -0.2) is 4.98 Å². The van der Waals surface area contributed by atoms with Gasteiger partial charge >= 0.3 is 0 Å². The predicted octanol–water partition coefficient (Wildman–Crippen LogP) is 4.48. The Kier molecular flexibility index (Phi) is 3.81. The number of hydrogen-bond donors (Lipinski definition) is 0. The van der Waals surface area contributed by atoms with Crippen molar-refractivity contribution in [2.24, 2.45) is 0 Å². The van der Waals surface area contributed by atoms with Gasteiger partial charge in [0.05, 0.1) is 11.2 Å². The first-order valence-corrected chi connectivity index (χ1v) is 5.92. The molecule has 1 aromatic carbocycles. The Morgan fingerprint density at radius 2 is 2.06 bits per heavy atom. The van der Waals surface area contributed by atoms with E-state index in [0.717, 1.165) is 10.7 Å². The molecule has 0 amide bonds. The molecule has 0 radical (unpaired) electrons. The molecule has 0 aliphatic heterocycles. The zero-order valence-corrected chi connectivity index (χ0v) is 11.2. The average Bonchev–Trinajstić information content (AvgIpc) is 2.27. The molecule has 17 heavy (non-hydrogen) atoms. The summed E-state index contributed by atoms with van der Waals surface area (Å²) in [6.45, 7) is 0. The fourth-order valence-electron chi connectivity index (χ4n) is 1.06. The fraction of sp³-hybridized carbons (Fsp3) is 0. The molecular formula is C10H4BrCl2FN2O. The highest BCUT2D eigenvalue weighted by molar-refractivity contribution is 9.10. The van der Waals surface area contributed by atoms with Crippen molar-refractivity contribution in [2.75, 3.05) is 0 Å². The number of nitrogens with zero attached hydrogens (tertiary/aromatic N) is 2. The Hall–Kier alpha value is -0.910. The van der Waals surface area contributed by atoms with Crippen LogP contribution >= 0.6 is 39.1 Å². The SMILES string of the molecule is Fc1cnc(Cl)nc1Oc1ccc(Br)cc1Cl. The molecular weight excluding hydrogens is 334 g/mol. The number of hydrogen-bond acceptors (Lipinski definition) is 3. The van der Waals surface area contributed by atoms with Crippen molar-refractivity contribution < 1.29 is 9.13 Å². The van der Waals surface area contributed by atoms with Gasteiger partial charge in [-0.2, -0.15) is 9.37 Å². The molecule has 0 saturated heterocycles. The van der Waals surface area contributed by atoms with Gasteiger partial charge in [-0.15, -0.1) is 0 Å². The minimum atomic E-state index is -0.714. The van der Waals surface area contributed by atoms with Crippen LogP contribution in [0.1, 0.15) is 0 Å². The minimum absolute atomic E-state index is 0.102. The lowest BCUT2D eigenvalue weighted by Gasteiger charge is -2.07. The molecule has 7 heteroatoms. The van der Waals surface area contributed by atoms with Gasteiger partial charge in [0, 0.05) is 4.47 Å². The second-order valence-corrected chi connectivity index (χ2v) is 4.63. The minimum Gasteiger partial charge on any atom is -0.435 e. The van der Waals surface area contributed by atoms with E-state index >= 15 is 0 Å². The second kappa shape index (κ2) is 5.16. The summed E-state index contributed by atoms with van der Waals surface area (Å²) in [6.07, 6.45) is 0.928. The molecule has 3 nitrogen and oxygen atoms in total. The highest BCUT2D eigenvalue weighted by Crippen LogP contribution is 2.31. The van der Waals surface area contributed by atoms with Crippen LogP contribution in [0.5, 0.6) is 11.6 Å². The molecule has 2 aromatic rings. The van der Waals surface area contributed by atoms with Crippen LogP contribution in [0.3, 0.4) is 0 Å². The first-order valence-electron chi connectivity index (χ1n) is 4.37. The molecule has 0 atom stereocenters. The Morgan fingerprint density at radius 1 is 1.29 bits per heavy atom. The summed E-state index contributed by atoms with van der Waals surface area (Å²) in [4.78, 5) is 7.09. The molecule has 1 aromatic heterocycles. The van der Waals surface area contributed by atoms with Crippen molar-refractivity contribution in [1.29, 1.82) is 0 Å². The van der Waals surface area contributed by atoms with Gasteiger partial charge in [-0.05, 0) is 29.8 Å². The van der Waals surface area contributed by atoms with Crippen LogP contribution in [0.15, 0.2) is 28.9 Å². The lowest BCUT2D eigenvalue weighted by molar-refractivity contribution is 0.420. The maximum Gasteiger partial charge on any atom is 0.260 e. The lowest BCUT2D eigenvalue weighted by Crippen LogP contribution is -1.94. The third-order valence-corrected chi connectivity index (χ3v) is 2.75. The van der Waals surface area contributed by atoms with Crippen LogP contribution in [-0.4, -0.2) is 9.97 Å². The van der Waals surface area contributed by atoms with Gasteiger partial charge in [-0.3, -0.25) is 0 Å². The van der Waals surface area contributed by atoms with Crippen molar-refractivity contribution in [3.05, 3.63) is 45.0 Å². The van der Waals surface area contributed by atoms with Crippen LogP contribution in [-0.2, 0) is 0 Å². The molecule has 2 rings (SSSR count). The van der Waals surface area contributed by atoms with E-state index in [0.29, 0.717) is 5.02 Å². The van der Waals surface area contributed by atoms with Gasteiger partial charge in [0.2, 0.25) is 11.1 Å². The smallest absolute Gasteiger partial charge is 0.260 e. The van der Waals surface area contributed by atoms with Gasteiger partial charge < -0.3 is 4.74 Å². The monoisotopic (exact) mass is 336 g/mol. The number of ether oxygens (including phenoxy) is 1. The van der Waals surface area contributed by atoms with E-state index in [1.165, 1.54) is 0 Å². The van der Waals surface area contributed by atoms with E-state index in [1.807, 2.05) is 0 Å². The van der Waals surface area contributed by atoms with Crippen molar-refractivity contribution >= 4 is 39.1 Å². The van der Waals surface area contributed by atoms with E-state index in [4.69, 9.17) is 27.9 Å². The van der Waals surface area contributed by atoms with Crippen LogP contribution in [0, 0.1) is 5.82 Å². The second-order valence-electron chi connectivity index (χ2n) is 2.97. The summed E-state index contributed by atoms with van der Waals surface area (Å²) < 4.78 is 19.3. The number of halogens is 4. The van der Waals surface area contributed by atoms with Crippen molar-refractivity contribution in [1.82, 2.24) is 9.97 Å². The molecule has 0 saturated carbocycles. The Bertz CT molecular complexity index is 568. The molecule has 1 heterocycles. The van der Waals surface area contributed by atoms with Crippen LogP contribution in [0.25, 0.3) is 0 Å². The maximum atomic E-state index is 13.3. The summed E-state index contributed by atoms with van der Waals surface area (Å²) in [5.41, 5.74) is 0. The number of aromatic nitrogens is 2. The molecule has 0 unspecified atom stereocenters. The highest BCUT2D eigenvalue weighted by atomic mass is 79.9. The zero-order chi connectivity index (χ0) is 12.4. The van der Waals surface area contributed by atoms with E-state index in [9.17, 15) is 4.39 Å². The van der Waals surface area contributed by atoms with E-state index in [-0.39, 0.29) is 16.9 Å². The normalized spacial score (nSPS) is 10.4. The van der Waals surface area contributed by atoms with Crippen molar-refractivity contribution in [2.45, 2.75) is 0 Å². The third-order valence-electron chi connectivity index (χ3n) is 1.78. The summed E-state index contributed by atoms with van der Waals surface area (Å²) in [6, 6.07) is 4.92. The first-order chi connectivity index (χ1) is 8.06. The van der Waals surface area contributed by atoms with Crippen molar-refractivity contribution in [3.63, 3.8) is 0 Å². The Morgan fingerprint density at radius 3 is 2.76 bits per heavy atom. The largest absolute Gasteiger partial charge is 0.435 e. The standard InChI is InChI=1S/C10H4BrCl2FN2O/c11-5-1-2-8(6(12)3-5)17-9-7(14)4-15-10(13)16-9/h1-4H. The topological polar surface area (TPSA) is 35.0 Å².